The molecule has 0 radical (unpaired) electrons. The highest BCUT2D eigenvalue weighted by atomic mass is 16.6. The molecule has 1 unspecified atom stereocenters. The van der Waals surface area contributed by atoms with Crippen molar-refractivity contribution in [1.29, 1.82) is 5.26 Å². The van der Waals surface area contributed by atoms with E-state index in [-0.39, 0.29) is 5.91 Å². The molecule has 0 saturated heterocycles. The summed E-state index contributed by atoms with van der Waals surface area (Å²) in [7, 11) is 5.43. The van der Waals surface area contributed by atoms with Crippen molar-refractivity contribution < 1.29 is 19.1 Å². The second-order valence-corrected chi connectivity index (χ2v) is 9.55. The smallest absolute Gasteiger partial charge is 0.304 e. The number of nitrogens with one attached hydrogen (secondary N) is 1. The molecule has 2 aromatic heterocycles. The predicted molar refractivity (Wildman–Crippen MR) is 155 cm³/mol. The van der Waals surface area contributed by atoms with Gasteiger partial charge in [0, 0.05) is 60.2 Å². The Bertz CT molecular complexity index is 1630. The third kappa shape index (κ3) is 6.54. The van der Waals surface area contributed by atoms with Gasteiger partial charge in [-0.05, 0) is 62.5 Å². The van der Waals surface area contributed by atoms with Crippen molar-refractivity contribution >= 4 is 28.6 Å². The number of likely N-dealkylation sites (N-methyl/N-ethyl adjacent to an activating group) is 1. The lowest BCUT2D eigenvalue weighted by Gasteiger charge is -2.14. The van der Waals surface area contributed by atoms with Crippen LogP contribution in [-0.4, -0.2) is 54.1 Å². The summed E-state index contributed by atoms with van der Waals surface area (Å²) < 4.78 is 12.8. The Morgan fingerprint density at radius 1 is 1.15 bits per heavy atom. The number of fused-ring (bicyclic) bond motifs is 1. The van der Waals surface area contributed by atoms with E-state index in [9.17, 15) is 14.9 Å². The van der Waals surface area contributed by atoms with Gasteiger partial charge in [0.1, 0.15) is 11.4 Å². The van der Waals surface area contributed by atoms with Crippen molar-refractivity contribution in [2.24, 2.45) is 0 Å². The predicted octanol–water partition coefficient (Wildman–Crippen LogP) is 5.39. The molecule has 0 spiro atoms. The Kier molecular flexibility index (Phi) is 8.62. The molecule has 2 aromatic carbocycles. The topological polar surface area (TPSA) is 109 Å². The maximum atomic E-state index is 12.5. The molecular formula is C31H31N5O4. The second-order valence-electron chi connectivity index (χ2n) is 9.55. The first-order valence-corrected chi connectivity index (χ1v) is 12.7. The van der Waals surface area contributed by atoms with Crippen molar-refractivity contribution in [3.8, 4) is 34.1 Å². The highest BCUT2D eigenvalue weighted by molar-refractivity contribution is 6.00. The lowest BCUT2D eigenvalue weighted by Crippen LogP contribution is -2.13. The summed E-state index contributed by atoms with van der Waals surface area (Å²) in [6.45, 7) is 3.79. The molecule has 1 amide bonds. The van der Waals surface area contributed by atoms with Crippen LogP contribution in [0.25, 0.3) is 33.3 Å². The number of carbonyl (C=O) groups excluding carboxylic acids is 2. The normalized spacial score (nSPS) is 11.9. The first kappa shape index (κ1) is 28.1. The fourth-order valence-corrected chi connectivity index (χ4v) is 4.36. The number of anilines is 1. The van der Waals surface area contributed by atoms with Gasteiger partial charge in [0.2, 0.25) is 5.91 Å². The molecular weight excluding hydrogens is 506 g/mol. The van der Waals surface area contributed by atoms with E-state index in [1.165, 1.54) is 13.0 Å². The van der Waals surface area contributed by atoms with Crippen molar-refractivity contribution in [3.05, 3.63) is 78.6 Å². The second kappa shape index (κ2) is 12.3. The van der Waals surface area contributed by atoms with Gasteiger partial charge in [-0.25, -0.2) is 4.98 Å². The SMILES string of the molecule is COc1cc(NC(=O)C=CCN(C)C)cc(-c2cnc3c(c2)c(-c2cccc(C#N)c2)cn3C(C)OC(C)=O)c1. The highest BCUT2D eigenvalue weighted by Crippen LogP contribution is 2.36. The van der Waals surface area contributed by atoms with Gasteiger partial charge in [-0.1, -0.05) is 18.2 Å². The molecule has 4 rings (SSSR count). The number of amides is 1. The van der Waals surface area contributed by atoms with Crippen LogP contribution in [0.4, 0.5) is 5.69 Å². The van der Waals surface area contributed by atoms with E-state index in [2.05, 4.69) is 11.4 Å². The number of aromatic nitrogens is 2. The number of benzene rings is 2. The molecule has 204 valence electrons. The fourth-order valence-electron chi connectivity index (χ4n) is 4.36. The van der Waals surface area contributed by atoms with Crippen LogP contribution in [-0.2, 0) is 14.3 Å². The first-order valence-electron chi connectivity index (χ1n) is 12.7. The van der Waals surface area contributed by atoms with Crippen LogP contribution in [0.2, 0.25) is 0 Å². The van der Waals surface area contributed by atoms with Gasteiger partial charge in [0.25, 0.3) is 0 Å². The number of methoxy groups -OCH3 is 1. The molecule has 1 atom stereocenters. The molecule has 0 aliphatic rings. The van der Waals surface area contributed by atoms with E-state index in [1.54, 1.807) is 43.0 Å². The van der Waals surface area contributed by atoms with E-state index in [1.807, 2.05) is 61.6 Å². The van der Waals surface area contributed by atoms with Crippen LogP contribution >= 0.6 is 0 Å². The molecule has 4 aromatic rings. The summed E-state index contributed by atoms with van der Waals surface area (Å²) >= 11 is 0. The number of hydrogen-bond donors (Lipinski definition) is 1. The number of hydrogen-bond acceptors (Lipinski definition) is 7. The monoisotopic (exact) mass is 537 g/mol. The largest absolute Gasteiger partial charge is 0.497 e. The average Bonchev–Trinajstić information content (AvgIpc) is 3.31. The third-order valence-corrected chi connectivity index (χ3v) is 6.18. The van der Waals surface area contributed by atoms with Gasteiger partial charge < -0.3 is 19.7 Å². The summed E-state index contributed by atoms with van der Waals surface area (Å²) in [5.41, 5.74) is 4.99. The Morgan fingerprint density at radius 2 is 1.95 bits per heavy atom. The van der Waals surface area contributed by atoms with Gasteiger partial charge in [-0.3, -0.25) is 14.2 Å². The molecule has 0 saturated carbocycles. The summed E-state index contributed by atoms with van der Waals surface area (Å²) in [4.78, 5) is 30.9. The molecule has 2 heterocycles. The zero-order valence-electron chi connectivity index (χ0n) is 23.1. The van der Waals surface area contributed by atoms with Crippen LogP contribution in [0.1, 0.15) is 25.6 Å². The van der Waals surface area contributed by atoms with Gasteiger partial charge in [0.15, 0.2) is 6.23 Å². The van der Waals surface area contributed by atoms with E-state index in [0.29, 0.717) is 29.2 Å². The lowest BCUT2D eigenvalue weighted by molar-refractivity contribution is -0.149. The fraction of sp³-hybridized carbons (Fsp3) is 0.226. The average molecular weight is 538 g/mol. The van der Waals surface area contributed by atoms with E-state index in [4.69, 9.17) is 14.5 Å². The Labute approximate surface area is 233 Å². The van der Waals surface area contributed by atoms with E-state index < -0.39 is 12.2 Å². The Hall–Kier alpha value is -4.94. The Balaban J connectivity index is 1.80. The number of pyridine rings is 1. The van der Waals surface area contributed by atoms with Crippen molar-refractivity contribution in [2.45, 2.75) is 20.1 Å². The van der Waals surface area contributed by atoms with E-state index >= 15 is 0 Å². The number of rotatable bonds is 9. The van der Waals surface area contributed by atoms with Crippen molar-refractivity contribution in [2.75, 3.05) is 33.1 Å². The van der Waals surface area contributed by atoms with Gasteiger partial charge in [-0.15, -0.1) is 0 Å². The quantitative estimate of drug-likeness (QED) is 0.225. The van der Waals surface area contributed by atoms with Gasteiger partial charge >= 0.3 is 5.97 Å². The maximum Gasteiger partial charge on any atom is 0.304 e. The highest BCUT2D eigenvalue weighted by Gasteiger charge is 2.19. The number of nitriles is 1. The third-order valence-electron chi connectivity index (χ3n) is 6.18. The van der Waals surface area contributed by atoms with E-state index in [0.717, 1.165) is 27.6 Å². The molecule has 1 N–H and O–H groups in total. The minimum Gasteiger partial charge on any atom is -0.497 e. The zero-order chi connectivity index (χ0) is 28.8. The standard InChI is InChI=1S/C31H31N5O4/c1-20(40-21(2)37)36-19-29(23-9-6-8-22(12-23)17-32)28-15-25(18-33-31(28)36)24-13-26(16-27(14-24)39-5)34-30(38)10-7-11-35(3)4/h6-10,12-16,18-20H,11H2,1-5H3,(H,34,38). The van der Waals surface area contributed by atoms with Crippen molar-refractivity contribution in [1.82, 2.24) is 14.5 Å². The molecule has 0 aliphatic carbocycles. The van der Waals surface area contributed by atoms with Gasteiger partial charge in [-0.2, -0.15) is 5.26 Å². The van der Waals surface area contributed by atoms with Gasteiger partial charge in [0.05, 0.1) is 18.7 Å². The van der Waals surface area contributed by atoms with Crippen molar-refractivity contribution in [3.63, 3.8) is 0 Å². The summed E-state index contributed by atoms with van der Waals surface area (Å²) in [5, 5.41) is 13.2. The van der Waals surface area contributed by atoms with Crippen LogP contribution in [0.5, 0.6) is 5.75 Å². The van der Waals surface area contributed by atoms with Crippen LogP contribution in [0.3, 0.4) is 0 Å². The number of carbonyl (C=O) groups is 2. The number of nitrogens with zero attached hydrogens (tertiary/aromatic N) is 4. The van der Waals surface area contributed by atoms with Crippen LogP contribution < -0.4 is 10.1 Å². The molecule has 0 fully saturated rings. The maximum absolute atomic E-state index is 12.5. The zero-order valence-corrected chi connectivity index (χ0v) is 23.1. The molecule has 40 heavy (non-hydrogen) atoms. The minimum absolute atomic E-state index is 0.245. The lowest BCUT2D eigenvalue weighted by atomic mass is 10.0. The minimum atomic E-state index is -0.592. The molecule has 0 aliphatic heterocycles. The number of esters is 1. The first-order chi connectivity index (χ1) is 19.2. The molecule has 0 bridgehead atoms. The van der Waals surface area contributed by atoms with Crippen LogP contribution in [0.15, 0.2) is 73.1 Å². The summed E-state index contributed by atoms with van der Waals surface area (Å²) in [6.07, 6.45) is 6.31. The summed E-state index contributed by atoms with van der Waals surface area (Å²) in [6, 6.07) is 17.0. The molecule has 9 heteroatoms. The Morgan fingerprint density at radius 3 is 2.65 bits per heavy atom. The summed E-state index contributed by atoms with van der Waals surface area (Å²) in [5.74, 6) is -0.0690. The van der Waals surface area contributed by atoms with Crippen LogP contribution in [0, 0.1) is 11.3 Å². The number of ether oxygens (including phenoxy) is 2. The molecule has 9 nitrogen and oxygen atoms in total.